The highest BCUT2D eigenvalue weighted by atomic mass is 16.6. The van der Waals surface area contributed by atoms with E-state index in [1.165, 1.54) is 17.9 Å². The third-order valence-electron chi connectivity index (χ3n) is 4.07. The van der Waals surface area contributed by atoms with E-state index in [0.717, 1.165) is 13.2 Å². The maximum Gasteiger partial charge on any atom is 0.337 e. The number of rotatable bonds is 7. The average molecular weight is 378 g/mol. The van der Waals surface area contributed by atoms with Gasteiger partial charge in [0.05, 0.1) is 36.3 Å². The Morgan fingerprint density at radius 2 is 2.11 bits per heavy atom. The Morgan fingerprint density at radius 3 is 2.63 bits per heavy atom. The van der Waals surface area contributed by atoms with Gasteiger partial charge in [-0.3, -0.25) is 19.7 Å². The number of methoxy groups -OCH3 is 1. The first-order valence-corrected chi connectivity index (χ1v) is 7.78. The number of ether oxygens (including phenoxy) is 1. The molecule has 0 aliphatic carbocycles. The van der Waals surface area contributed by atoms with Gasteiger partial charge in [-0.15, -0.1) is 0 Å². The lowest BCUT2D eigenvalue weighted by atomic mass is 10.1. The van der Waals surface area contributed by atoms with E-state index in [0.29, 0.717) is 0 Å². The lowest BCUT2D eigenvalue weighted by molar-refractivity contribution is -0.385. The van der Waals surface area contributed by atoms with Crippen LogP contribution >= 0.6 is 0 Å². The molecule has 0 unspecified atom stereocenters. The number of primary amides is 1. The van der Waals surface area contributed by atoms with Gasteiger partial charge < -0.3 is 25.8 Å². The molecule has 27 heavy (non-hydrogen) atoms. The van der Waals surface area contributed by atoms with E-state index in [2.05, 4.69) is 10.1 Å². The summed E-state index contributed by atoms with van der Waals surface area (Å²) in [4.78, 5) is 47.8. The molecule has 4 N–H and O–H groups in total. The average Bonchev–Trinajstić information content (AvgIpc) is 2.92. The van der Waals surface area contributed by atoms with Gasteiger partial charge in [0.1, 0.15) is 5.70 Å². The van der Waals surface area contributed by atoms with Gasteiger partial charge in [0.2, 0.25) is 5.91 Å². The van der Waals surface area contributed by atoms with Gasteiger partial charge in [-0.1, -0.05) is 0 Å². The van der Waals surface area contributed by atoms with Crippen LogP contribution in [0.2, 0.25) is 0 Å². The predicted octanol–water partition coefficient (Wildman–Crippen LogP) is -0.324. The molecule has 0 bridgehead atoms. The molecule has 0 fully saturated rings. The Hall–Kier alpha value is -3.47. The molecule has 144 valence electrons. The van der Waals surface area contributed by atoms with E-state index < -0.39 is 22.7 Å². The van der Waals surface area contributed by atoms with Crippen LogP contribution in [0.3, 0.4) is 0 Å². The summed E-state index contributed by atoms with van der Waals surface area (Å²) in [5.74, 6) is -2.23. The monoisotopic (exact) mass is 378 g/mol. The molecule has 1 aromatic carbocycles. The fourth-order valence-electron chi connectivity index (χ4n) is 2.64. The highest BCUT2D eigenvalue weighted by Crippen LogP contribution is 2.31. The largest absolute Gasteiger partial charge is 0.466 e. The molecule has 1 aliphatic rings. The van der Waals surface area contributed by atoms with Gasteiger partial charge in [-0.2, -0.15) is 0 Å². The summed E-state index contributed by atoms with van der Waals surface area (Å²) in [6.45, 7) is 1.01. The molecule has 2 amide bonds. The van der Waals surface area contributed by atoms with Gasteiger partial charge in [0.15, 0.2) is 0 Å². The standard InChI is InChI=1S/C16H18N4O7/c1-8-11(5-9(14(17)22)6-12(8)20(25)26)18-13-10(16(24)27-2)7-19(3-4-21)15(13)23/h5-6,18,21H,3-4,7H2,1-2H3,(H2,17,22). The van der Waals surface area contributed by atoms with Crippen molar-refractivity contribution in [1.82, 2.24) is 4.90 Å². The van der Waals surface area contributed by atoms with E-state index >= 15 is 0 Å². The van der Waals surface area contributed by atoms with Crippen molar-refractivity contribution in [1.29, 1.82) is 0 Å². The maximum atomic E-state index is 12.5. The fraction of sp³-hybridized carbons (Fsp3) is 0.312. The summed E-state index contributed by atoms with van der Waals surface area (Å²) >= 11 is 0. The minimum absolute atomic E-state index is 0.00230. The Kier molecular flexibility index (Phi) is 5.75. The molecule has 1 aromatic rings. The third-order valence-corrected chi connectivity index (χ3v) is 4.07. The van der Waals surface area contributed by atoms with Crippen LogP contribution in [0.5, 0.6) is 0 Å². The van der Waals surface area contributed by atoms with E-state index in [-0.39, 0.29) is 53.5 Å². The number of hydrogen-bond donors (Lipinski definition) is 3. The smallest absolute Gasteiger partial charge is 0.337 e. The number of carbonyl (C=O) groups is 3. The number of aliphatic hydroxyl groups excluding tert-OH is 1. The molecule has 0 radical (unpaired) electrons. The van der Waals surface area contributed by atoms with Crippen molar-refractivity contribution in [3.63, 3.8) is 0 Å². The van der Waals surface area contributed by atoms with Crippen molar-refractivity contribution < 1.29 is 29.2 Å². The Labute approximate surface area is 153 Å². The van der Waals surface area contributed by atoms with Crippen molar-refractivity contribution in [2.75, 3.05) is 32.1 Å². The number of β-amino-alcohol motifs (C(OH)–C–C–N with tert-alkyl or cyclic N) is 1. The number of nitrogens with one attached hydrogen (secondary N) is 1. The van der Waals surface area contributed by atoms with Crippen LogP contribution in [0, 0.1) is 17.0 Å². The first-order valence-electron chi connectivity index (χ1n) is 7.78. The van der Waals surface area contributed by atoms with E-state index in [9.17, 15) is 24.5 Å². The molecule has 1 heterocycles. The van der Waals surface area contributed by atoms with Gasteiger partial charge in [-0.25, -0.2) is 4.79 Å². The number of nitrogens with two attached hydrogens (primary N) is 1. The minimum Gasteiger partial charge on any atom is -0.466 e. The number of amides is 2. The van der Waals surface area contributed by atoms with Crippen LogP contribution in [-0.2, 0) is 14.3 Å². The lowest BCUT2D eigenvalue weighted by Gasteiger charge is -2.16. The molecule has 1 aliphatic heterocycles. The number of nitro groups is 1. The SMILES string of the molecule is COC(=O)C1=C(Nc2cc(C(N)=O)cc([N+](=O)[O-])c2C)C(=O)N(CCO)C1. The Bertz CT molecular complexity index is 863. The van der Waals surface area contributed by atoms with E-state index in [1.807, 2.05) is 0 Å². The Morgan fingerprint density at radius 1 is 1.44 bits per heavy atom. The second kappa shape index (κ2) is 7.83. The molecule has 0 saturated heterocycles. The van der Waals surface area contributed by atoms with Crippen molar-refractivity contribution in [2.24, 2.45) is 5.73 Å². The summed E-state index contributed by atoms with van der Waals surface area (Å²) in [7, 11) is 1.15. The molecule has 11 heteroatoms. The number of nitro benzene ring substituents is 1. The van der Waals surface area contributed by atoms with Crippen molar-refractivity contribution in [3.05, 3.63) is 44.6 Å². The number of aliphatic hydroxyl groups is 1. The molecule has 0 spiro atoms. The molecule has 0 aromatic heterocycles. The van der Waals surface area contributed by atoms with E-state index in [1.54, 1.807) is 0 Å². The molecular weight excluding hydrogens is 360 g/mol. The number of hydrogen-bond acceptors (Lipinski definition) is 8. The van der Waals surface area contributed by atoms with Gasteiger partial charge in [0, 0.05) is 23.9 Å². The number of carbonyl (C=O) groups excluding carboxylic acids is 3. The highest BCUT2D eigenvalue weighted by Gasteiger charge is 2.35. The van der Waals surface area contributed by atoms with Crippen molar-refractivity contribution in [3.8, 4) is 0 Å². The summed E-state index contributed by atoms with van der Waals surface area (Å²) in [6, 6.07) is 2.29. The summed E-state index contributed by atoms with van der Waals surface area (Å²) in [5.41, 5.74) is 4.80. The van der Waals surface area contributed by atoms with Crippen LogP contribution < -0.4 is 11.1 Å². The number of anilines is 1. The predicted molar refractivity (Wildman–Crippen MR) is 92.7 cm³/mol. The zero-order valence-corrected chi connectivity index (χ0v) is 14.6. The summed E-state index contributed by atoms with van der Waals surface area (Å²) in [6.07, 6.45) is 0. The quantitative estimate of drug-likeness (QED) is 0.330. The summed E-state index contributed by atoms with van der Waals surface area (Å²) < 4.78 is 4.67. The summed E-state index contributed by atoms with van der Waals surface area (Å²) in [5, 5.41) is 23.0. The van der Waals surface area contributed by atoms with Crippen LogP contribution in [0.4, 0.5) is 11.4 Å². The first-order chi connectivity index (χ1) is 12.7. The molecule has 2 rings (SSSR count). The van der Waals surface area contributed by atoms with Crippen LogP contribution in [0.15, 0.2) is 23.4 Å². The fourth-order valence-corrected chi connectivity index (χ4v) is 2.64. The number of nitrogens with zero attached hydrogens (tertiary/aromatic N) is 2. The second-order valence-electron chi connectivity index (χ2n) is 5.71. The van der Waals surface area contributed by atoms with Gasteiger partial charge >= 0.3 is 5.97 Å². The van der Waals surface area contributed by atoms with Crippen molar-refractivity contribution in [2.45, 2.75) is 6.92 Å². The molecular formula is C16H18N4O7. The number of benzene rings is 1. The maximum absolute atomic E-state index is 12.5. The van der Waals surface area contributed by atoms with Crippen LogP contribution in [-0.4, -0.2) is 59.5 Å². The molecule has 0 atom stereocenters. The van der Waals surface area contributed by atoms with Crippen LogP contribution in [0.1, 0.15) is 15.9 Å². The molecule has 0 saturated carbocycles. The van der Waals surface area contributed by atoms with Crippen LogP contribution in [0.25, 0.3) is 0 Å². The van der Waals surface area contributed by atoms with Gasteiger partial charge in [-0.05, 0) is 13.0 Å². The highest BCUT2D eigenvalue weighted by molar-refractivity contribution is 6.09. The number of esters is 1. The zero-order valence-electron chi connectivity index (χ0n) is 14.6. The topological polar surface area (TPSA) is 165 Å². The molecule has 11 nitrogen and oxygen atoms in total. The lowest BCUT2D eigenvalue weighted by Crippen LogP contribution is -2.31. The Balaban J connectivity index is 2.55. The zero-order chi connectivity index (χ0) is 20.3. The second-order valence-corrected chi connectivity index (χ2v) is 5.71. The normalized spacial score (nSPS) is 13.7. The van der Waals surface area contributed by atoms with E-state index in [4.69, 9.17) is 10.8 Å². The van der Waals surface area contributed by atoms with Crippen molar-refractivity contribution >= 4 is 29.2 Å². The van der Waals surface area contributed by atoms with Gasteiger partial charge in [0.25, 0.3) is 11.6 Å². The first kappa shape index (κ1) is 19.8. The minimum atomic E-state index is -0.886. The third kappa shape index (κ3) is 3.87.